The lowest BCUT2D eigenvalue weighted by Gasteiger charge is -2.02. The molecule has 0 N–H and O–H groups in total. The van der Waals surface area contributed by atoms with Gasteiger partial charge in [0.1, 0.15) is 5.82 Å². The van der Waals surface area contributed by atoms with Gasteiger partial charge in [-0.2, -0.15) is 10.2 Å². The van der Waals surface area contributed by atoms with E-state index in [1.165, 1.54) is 18.2 Å². The Morgan fingerprint density at radius 3 is 2.60 bits per heavy atom. The predicted octanol–water partition coefficient (Wildman–Crippen LogP) is 3.24. The zero-order valence-electron chi connectivity index (χ0n) is 8.04. The average Bonchev–Trinajstić information content (AvgIpc) is 2.23. The van der Waals surface area contributed by atoms with Gasteiger partial charge in [-0.05, 0) is 37.3 Å². The molecular weight excluding hydrogens is 215 g/mol. The molecule has 1 heterocycles. The summed E-state index contributed by atoms with van der Waals surface area (Å²) in [5.41, 5.74) is 1.65. The van der Waals surface area contributed by atoms with Crippen molar-refractivity contribution >= 4 is 11.6 Å². The molecule has 0 atom stereocenters. The molecule has 0 radical (unpaired) electrons. The van der Waals surface area contributed by atoms with Crippen molar-refractivity contribution < 1.29 is 4.39 Å². The number of aromatic nitrogens is 2. The Morgan fingerprint density at radius 1 is 1.13 bits per heavy atom. The molecule has 0 saturated carbocycles. The van der Waals surface area contributed by atoms with Crippen LogP contribution in [0.4, 0.5) is 4.39 Å². The monoisotopic (exact) mass is 222 g/mol. The van der Waals surface area contributed by atoms with Crippen molar-refractivity contribution in [1.82, 2.24) is 10.2 Å². The maximum Gasteiger partial charge on any atom is 0.132 e. The van der Waals surface area contributed by atoms with Gasteiger partial charge < -0.3 is 0 Å². The third kappa shape index (κ3) is 2.13. The summed E-state index contributed by atoms with van der Waals surface area (Å²) in [7, 11) is 0. The second-order valence-electron chi connectivity index (χ2n) is 3.18. The van der Waals surface area contributed by atoms with E-state index in [9.17, 15) is 4.39 Å². The molecule has 15 heavy (non-hydrogen) atoms. The Hall–Kier alpha value is -1.48. The highest BCUT2D eigenvalue weighted by molar-refractivity contribution is 6.30. The SMILES string of the molecule is Cc1ccc(-c2cc(Cl)ccc2F)nn1. The van der Waals surface area contributed by atoms with Crippen LogP contribution in [0.15, 0.2) is 30.3 Å². The smallest absolute Gasteiger partial charge is 0.132 e. The second kappa shape index (κ2) is 3.95. The van der Waals surface area contributed by atoms with Crippen molar-refractivity contribution in [3.8, 4) is 11.3 Å². The minimum absolute atomic E-state index is 0.349. The molecule has 0 amide bonds. The zero-order valence-corrected chi connectivity index (χ0v) is 8.79. The molecule has 0 aliphatic carbocycles. The van der Waals surface area contributed by atoms with E-state index in [1.807, 2.05) is 6.92 Å². The van der Waals surface area contributed by atoms with E-state index in [1.54, 1.807) is 12.1 Å². The predicted molar refractivity (Wildman–Crippen MR) is 57.2 cm³/mol. The van der Waals surface area contributed by atoms with Gasteiger partial charge in [0, 0.05) is 10.6 Å². The first kappa shape index (κ1) is 10.1. The van der Waals surface area contributed by atoms with E-state index in [0.717, 1.165) is 5.69 Å². The molecule has 0 bridgehead atoms. The first-order valence-electron chi connectivity index (χ1n) is 4.42. The molecule has 1 aromatic carbocycles. The molecule has 0 saturated heterocycles. The van der Waals surface area contributed by atoms with Gasteiger partial charge in [0.2, 0.25) is 0 Å². The lowest BCUT2D eigenvalue weighted by molar-refractivity contribution is 0.630. The number of hydrogen-bond donors (Lipinski definition) is 0. The van der Waals surface area contributed by atoms with Gasteiger partial charge in [0.15, 0.2) is 0 Å². The molecule has 0 aliphatic rings. The van der Waals surface area contributed by atoms with Gasteiger partial charge in [-0.3, -0.25) is 0 Å². The fourth-order valence-corrected chi connectivity index (χ4v) is 1.41. The van der Waals surface area contributed by atoms with Gasteiger partial charge in [-0.1, -0.05) is 11.6 Å². The highest BCUT2D eigenvalue weighted by Gasteiger charge is 2.07. The van der Waals surface area contributed by atoms with Crippen LogP contribution < -0.4 is 0 Å². The summed E-state index contributed by atoms with van der Waals surface area (Å²) in [5.74, 6) is -0.349. The summed E-state index contributed by atoms with van der Waals surface area (Å²) >= 11 is 5.78. The highest BCUT2D eigenvalue weighted by Crippen LogP contribution is 2.23. The van der Waals surface area contributed by atoms with Crippen molar-refractivity contribution in [3.05, 3.63) is 46.9 Å². The van der Waals surface area contributed by atoms with E-state index < -0.39 is 0 Å². The summed E-state index contributed by atoms with van der Waals surface area (Å²) in [6.07, 6.45) is 0. The molecule has 2 nitrogen and oxygen atoms in total. The molecule has 0 unspecified atom stereocenters. The minimum atomic E-state index is -0.349. The van der Waals surface area contributed by atoms with Crippen LogP contribution in [-0.4, -0.2) is 10.2 Å². The second-order valence-corrected chi connectivity index (χ2v) is 3.62. The lowest BCUT2D eigenvalue weighted by atomic mass is 10.1. The molecule has 2 aromatic rings. The maximum absolute atomic E-state index is 13.4. The summed E-state index contributed by atoms with van der Waals surface area (Å²) in [6.45, 7) is 1.82. The number of rotatable bonds is 1. The zero-order chi connectivity index (χ0) is 10.8. The average molecular weight is 223 g/mol. The molecule has 76 valence electrons. The Balaban J connectivity index is 2.53. The van der Waals surface area contributed by atoms with Gasteiger partial charge in [0.05, 0.1) is 11.4 Å². The Kier molecular flexibility index (Phi) is 2.64. The van der Waals surface area contributed by atoms with Gasteiger partial charge >= 0.3 is 0 Å². The fourth-order valence-electron chi connectivity index (χ4n) is 1.24. The molecule has 4 heteroatoms. The van der Waals surface area contributed by atoms with Crippen molar-refractivity contribution in [2.24, 2.45) is 0 Å². The summed E-state index contributed by atoms with van der Waals surface area (Å²) in [5, 5.41) is 8.25. The third-order valence-corrected chi connectivity index (χ3v) is 2.24. The lowest BCUT2D eigenvalue weighted by Crippen LogP contribution is -1.92. The van der Waals surface area contributed by atoms with Gasteiger partial charge in [-0.15, -0.1) is 0 Å². The molecule has 2 rings (SSSR count). The highest BCUT2D eigenvalue weighted by atomic mass is 35.5. The van der Waals surface area contributed by atoms with E-state index in [0.29, 0.717) is 16.3 Å². The summed E-state index contributed by atoms with van der Waals surface area (Å²) in [4.78, 5) is 0. The molecule has 0 spiro atoms. The fraction of sp³-hybridized carbons (Fsp3) is 0.0909. The van der Waals surface area contributed by atoms with E-state index in [2.05, 4.69) is 10.2 Å². The number of nitrogens with zero attached hydrogens (tertiary/aromatic N) is 2. The first-order chi connectivity index (χ1) is 7.16. The van der Waals surface area contributed by atoms with Crippen LogP contribution in [0.2, 0.25) is 5.02 Å². The van der Waals surface area contributed by atoms with Crippen molar-refractivity contribution in [2.45, 2.75) is 6.92 Å². The standard InChI is InChI=1S/C11H8ClFN2/c1-7-2-5-11(15-14-7)9-6-8(12)3-4-10(9)13/h2-6H,1H3. The maximum atomic E-state index is 13.4. The molecule has 0 aliphatic heterocycles. The Morgan fingerprint density at radius 2 is 1.93 bits per heavy atom. The van der Waals surface area contributed by atoms with Crippen LogP contribution in [0.25, 0.3) is 11.3 Å². The van der Waals surface area contributed by atoms with Crippen LogP contribution in [-0.2, 0) is 0 Å². The Bertz CT molecular complexity index is 482. The molecule has 0 fully saturated rings. The van der Waals surface area contributed by atoms with Crippen LogP contribution >= 0.6 is 11.6 Å². The van der Waals surface area contributed by atoms with Crippen molar-refractivity contribution in [2.75, 3.05) is 0 Å². The van der Waals surface area contributed by atoms with Gasteiger partial charge in [-0.25, -0.2) is 4.39 Å². The molecular formula is C11H8ClFN2. The van der Waals surface area contributed by atoms with Gasteiger partial charge in [0.25, 0.3) is 0 Å². The van der Waals surface area contributed by atoms with E-state index in [-0.39, 0.29) is 5.82 Å². The number of hydrogen-bond acceptors (Lipinski definition) is 2. The Labute approximate surface area is 91.7 Å². The summed E-state index contributed by atoms with van der Waals surface area (Å²) in [6, 6.07) is 7.86. The minimum Gasteiger partial charge on any atom is -0.206 e. The van der Waals surface area contributed by atoms with E-state index in [4.69, 9.17) is 11.6 Å². The summed E-state index contributed by atoms with van der Waals surface area (Å²) < 4.78 is 13.4. The number of benzene rings is 1. The molecule has 1 aromatic heterocycles. The normalized spacial score (nSPS) is 10.3. The third-order valence-electron chi connectivity index (χ3n) is 2.00. The van der Waals surface area contributed by atoms with Crippen LogP contribution in [0.3, 0.4) is 0 Å². The first-order valence-corrected chi connectivity index (χ1v) is 4.80. The van der Waals surface area contributed by atoms with E-state index >= 15 is 0 Å². The van der Waals surface area contributed by atoms with Crippen molar-refractivity contribution in [3.63, 3.8) is 0 Å². The number of halogens is 2. The topological polar surface area (TPSA) is 25.8 Å². The largest absolute Gasteiger partial charge is 0.206 e. The quantitative estimate of drug-likeness (QED) is 0.740. The van der Waals surface area contributed by atoms with Crippen LogP contribution in [0.5, 0.6) is 0 Å². The number of aryl methyl sites for hydroxylation is 1. The van der Waals surface area contributed by atoms with Crippen LogP contribution in [0.1, 0.15) is 5.69 Å². The van der Waals surface area contributed by atoms with Crippen molar-refractivity contribution in [1.29, 1.82) is 0 Å². The van der Waals surface area contributed by atoms with Crippen LogP contribution in [0, 0.1) is 12.7 Å².